The highest BCUT2D eigenvalue weighted by atomic mass is 32.2. The molecule has 29 heavy (non-hydrogen) atoms. The number of sulfonamides is 1. The second-order valence-electron chi connectivity index (χ2n) is 7.42. The van der Waals surface area contributed by atoms with Crippen LogP contribution in [0.2, 0.25) is 0 Å². The topological polar surface area (TPSA) is 83.8 Å². The molecule has 2 aromatic carbocycles. The largest absolute Gasteiger partial charge is 0.363 e. The number of hydrogen-bond donors (Lipinski definition) is 0. The second-order valence-corrected chi connectivity index (χ2v) is 9.36. The van der Waals surface area contributed by atoms with E-state index in [1.54, 1.807) is 17.0 Å². The van der Waals surface area contributed by atoms with Gasteiger partial charge in [-0.25, -0.2) is 12.8 Å². The van der Waals surface area contributed by atoms with Crippen LogP contribution in [-0.2, 0) is 22.9 Å². The van der Waals surface area contributed by atoms with Crippen LogP contribution >= 0.6 is 0 Å². The minimum atomic E-state index is -3.62. The summed E-state index contributed by atoms with van der Waals surface area (Å²) in [4.78, 5) is 12.7. The highest BCUT2D eigenvalue weighted by molar-refractivity contribution is 7.89. The molecule has 0 amide bonds. The van der Waals surface area contributed by atoms with Crippen molar-refractivity contribution in [1.82, 2.24) is 4.31 Å². The van der Waals surface area contributed by atoms with E-state index in [2.05, 4.69) is 0 Å². The second kappa shape index (κ2) is 7.72. The van der Waals surface area contributed by atoms with Gasteiger partial charge in [-0.05, 0) is 61.1 Å². The zero-order valence-electron chi connectivity index (χ0n) is 15.9. The van der Waals surface area contributed by atoms with Crippen LogP contribution in [0.15, 0.2) is 41.3 Å². The fourth-order valence-corrected chi connectivity index (χ4v) is 5.57. The maximum atomic E-state index is 13.4. The van der Waals surface area contributed by atoms with Crippen LogP contribution in [0.1, 0.15) is 24.0 Å². The van der Waals surface area contributed by atoms with Crippen molar-refractivity contribution in [3.63, 3.8) is 0 Å². The van der Waals surface area contributed by atoms with E-state index in [0.29, 0.717) is 23.7 Å². The number of nitro groups is 1. The number of benzene rings is 2. The number of anilines is 1. The molecule has 1 fully saturated rings. The van der Waals surface area contributed by atoms with E-state index in [9.17, 15) is 22.9 Å². The Morgan fingerprint density at radius 2 is 1.62 bits per heavy atom. The first-order valence-corrected chi connectivity index (χ1v) is 11.1. The third kappa shape index (κ3) is 3.84. The molecular weight excluding hydrogens is 397 g/mol. The third-order valence-electron chi connectivity index (χ3n) is 5.67. The maximum Gasteiger partial charge on any atom is 0.295 e. The van der Waals surface area contributed by atoms with Crippen molar-refractivity contribution in [2.24, 2.45) is 0 Å². The summed E-state index contributed by atoms with van der Waals surface area (Å²) in [5.74, 6) is -0.672. The molecule has 1 aliphatic carbocycles. The average Bonchev–Trinajstić information content (AvgIpc) is 2.73. The fourth-order valence-electron chi connectivity index (χ4n) is 4.10. The summed E-state index contributed by atoms with van der Waals surface area (Å²) in [6, 6.07) is 8.84. The van der Waals surface area contributed by atoms with E-state index in [1.807, 2.05) is 6.07 Å². The number of halogens is 1. The van der Waals surface area contributed by atoms with Gasteiger partial charge < -0.3 is 4.90 Å². The first-order chi connectivity index (χ1) is 13.9. The lowest BCUT2D eigenvalue weighted by molar-refractivity contribution is -0.384. The van der Waals surface area contributed by atoms with Crippen molar-refractivity contribution in [3.8, 4) is 0 Å². The minimum absolute atomic E-state index is 0.216. The van der Waals surface area contributed by atoms with Crippen molar-refractivity contribution in [3.05, 3.63) is 63.5 Å². The molecule has 0 atom stereocenters. The SMILES string of the molecule is O=[N+]([O-])c1cc(F)ccc1N1CCN(S(=O)(=O)c2ccc3c(c2)CCCC3)CC1. The molecule has 7 nitrogen and oxygen atoms in total. The normalized spacial score (nSPS) is 17.8. The molecule has 0 N–H and O–H groups in total. The van der Waals surface area contributed by atoms with Gasteiger partial charge in [-0.3, -0.25) is 10.1 Å². The zero-order chi connectivity index (χ0) is 20.6. The Labute approximate surface area is 168 Å². The standard InChI is InChI=1S/C20H22FN3O4S/c21-17-6-8-19(20(14-17)24(25)26)22-9-11-23(12-10-22)29(27,28)18-7-5-15-3-1-2-4-16(15)13-18/h5-8,13-14H,1-4,9-12H2. The number of aryl methyl sites for hydroxylation is 2. The summed E-state index contributed by atoms with van der Waals surface area (Å²) in [7, 11) is -3.62. The van der Waals surface area contributed by atoms with E-state index in [-0.39, 0.29) is 18.8 Å². The van der Waals surface area contributed by atoms with Gasteiger partial charge in [0.2, 0.25) is 10.0 Å². The lowest BCUT2D eigenvalue weighted by Gasteiger charge is -2.35. The molecule has 9 heteroatoms. The fraction of sp³-hybridized carbons (Fsp3) is 0.400. The predicted octanol–water partition coefficient (Wildman–Crippen LogP) is 3.12. The summed E-state index contributed by atoms with van der Waals surface area (Å²) in [6.45, 7) is 1.04. The number of hydrogen-bond acceptors (Lipinski definition) is 5. The van der Waals surface area contributed by atoms with E-state index >= 15 is 0 Å². The minimum Gasteiger partial charge on any atom is -0.363 e. The van der Waals surface area contributed by atoms with Crippen LogP contribution in [0.3, 0.4) is 0 Å². The first-order valence-electron chi connectivity index (χ1n) is 9.67. The molecule has 1 saturated heterocycles. The van der Waals surface area contributed by atoms with Crippen molar-refractivity contribution in [1.29, 1.82) is 0 Å². The number of nitro benzene ring substituents is 1. The molecule has 154 valence electrons. The van der Waals surface area contributed by atoms with Gasteiger partial charge in [0.05, 0.1) is 15.9 Å². The monoisotopic (exact) mass is 419 g/mol. The molecule has 1 heterocycles. The van der Waals surface area contributed by atoms with Crippen LogP contribution in [0.4, 0.5) is 15.8 Å². The zero-order valence-corrected chi connectivity index (χ0v) is 16.7. The highest BCUT2D eigenvalue weighted by Gasteiger charge is 2.31. The Kier molecular flexibility index (Phi) is 5.26. The summed E-state index contributed by atoms with van der Waals surface area (Å²) in [6.07, 6.45) is 4.10. The van der Waals surface area contributed by atoms with Crippen LogP contribution in [0.5, 0.6) is 0 Å². The van der Waals surface area contributed by atoms with E-state index < -0.39 is 20.8 Å². The quantitative estimate of drug-likeness (QED) is 0.562. The van der Waals surface area contributed by atoms with Crippen LogP contribution < -0.4 is 4.90 Å². The summed E-state index contributed by atoms with van der Waals surface area (Å²) in [5, 5.41) is 11.2. The van der Waals surface area contributed by atoms with Gasteiger partial charge >= 0.3 is 0 Å². The Morgan fingerprint density at radius 3 is 2.31 bits per heavy atom. The van der Waals surface area contributed by atoms with E-state index in [1.165, 1.54) is 22.0 Å². The Hall–Kier alpha value is -2.52. The van der Waals surface area contributed by atoms with Crippen molar-refractivity contribution in [2.75, 3.05) is 31.1 Å². The molecular formula is C20H22FN3O4S. The van der Waals surface area contributed by atoms with Gasteiger partial charge in [-0.1, -0.05) is 6.07 Å². The van der Waals surface area contributed by atoms with Gasteiger partial charge in [-0.15, -0.1) is 0 Å². The molecule has 0 saturated carbocycles. The van der Waals surface area contributed by atoms with Gasteiger partial charge in [-0.2, -0.15) is 4.31 Å². The van der Waals surface area contributed by atoms with E-state index in [4.69, 9.17) is 0 Å². The molecule has 0 bridgehead atoms. The van der Waals surface area contributed by atoms with Crippen LogP contribution in [0, 0.1) is 15.9 Å². The Bertz CT molecular complexity index is 1050. The van der Waals surface area contributed by atoms with E-state index in [0.717, 1.165) is 37.3 Å². The van der Waals surface area contributed by atoms with Gasteiger partial charge in [0.1, 0.15) is 11.5 Å². The predicted molar refractivity (Wildman–Crippen MR) is 107 cm³/mol. The highest BCUT2D eigenvalue weighted by Crippen LogP contribution is 2.31. The lowest BCUT2D eigenvalue weighted by Crippen LogP contribution is -2.48. The molecule has 4 rings (SSSR count). The Morgan fingerprint density at radius 1 is 0.931 bits per heavy atom. The van der Waals surface area contributed by atoms with Gasteiger partial charge in [0, 0.05) is 26.2 Å². The molecule has 1 aliphatic heterocycles. The average molecular weight is 419 g/mol. The number of rotatable bonds is 4. The molecule has 0 aromatic heterocycles. The summed E-state index contributed by atoms with van der Waals surface area (Å²) in [5.41, 5.74) is 2.33. The molecule has 0 spiro atoms. The Balaban J connectivity index is 1.52. The third-order valence-corrected chi connectivity index (χ3v) is 7.57. The first kappa shape index (κ1) is 19.8. The van der Waals surface area contributed by atoms with Crippen LogP contribution in [0.25, 0.3) is 0 Å². The van der Waals surface area contributed by atoms with Gasteiger partial charge in [0.25, 0.3) is 5.69 Å². The van der Waals surface area contributed by atoms with Crippen molar-refractivity contribution < 1.29 is 17.7 Å². The summed E-state index contributed by atoms with van der Waals surface area (Å²) >= 11 is 0. The number of nitrogens with zero attached hydrogens (tertiary/aromatic N) is 3. The number of fused-ring (bicyclic) bond motifs is 1. The maximum absolute atomic E-state index is 13.4. The molecule has 0 unspecified atom stereocenters. The van der Waals surface area contributed by atoms with Crippen molar-refractivity contribution in [2.45, 2.75) is 30.6 Å². The molecule has 2 aromatic rings. The smallest absolute Gasteiger partial charge is 0.295 e. The lowest BCUT2D eigenvalue weighted by atomic mass is 9.92. The summed E-state index contributed by atoms with van der Waals surface area (Å²) < 4.78 is 41.0. The van der Waals surface area contributed by atoms with Crippen LogP contribution in [-0.4, -0.2) is 43.8 Å². The van der Waals surface area contributed by atoms with Gasteiger partial charge in [0.15, 0.2) is 0 Å². The molecule has 0 radical (unpaired) electrons. The number of piperazine rings is 1. The molecule has 2 aliphatic rings. The van der Waals surface area contributed by atoms with Crippen molar-refractivity contribution >= 4 is 21.4 Å².